The van der Waals surface area contributed by atoms with Gasteiger partial charge in [-0.15, -0.1) is 24.0 Å². The van der Waals surface area contributed by atoms with Crippen molar-refractivity contribution in [1.29, 1.82) is 0 Å². The van der Waals surface area contributed by atoms with E-state index in [0.717, 1.165) is 19.0 Å². The Balaban J connectivity index is 0.00000625. The molecule has 1 rings (SSSR count). The summed E-state index contributed by atoms with van der Waals surface area (Å²) in [6, 6.07) is 8.34. The van der Waals surface area contributed by atoms with Crippen LogP contribution in [0.2, 0.25) is 0 Å². The highest BCUT2D eigenvalue weighted by Crippen LogP contribution is 2.21. The maximum atomic E-state index is 11.4. The van der Waals surface area contributed by atoms with E-state index in [9.17, 15) is 8.42 Å². The summed E-state index contributed by atoms with van der Waals surface area (Å²) in [7, 11) is -0.917. The van der Waals surface area contributed by atoms with Gasteiger partial charge in [0.1, 0.15) is 9.84 Å². The summed E-state index contributed by atoms with van der Waals surface area (Å²) in [5.74, 6) is 1.05. The Kier molecular flexibility index (Phi) is 10.8. The van der Waals surface area contributed by atoms with E-state index in [1.165, 1.54) is 17.4 Å². The molecule has 0 saturated carbocycles. The molecule has 0 unspecified atom stereocenters. The van der Waals surface area contributed by atoms with Gasteiger partial charge in [-0.05, 0) is 36.8 Å². The predicted octanol–water partition coefficient (Wildman–Crippen LogP) is 3.47. The minimum Gasteiger partial charge on any atom is -0.357 e. The molecule has 0 spiro atoms. The summed E-state index contributed by atoms with van der Waals surface area (Å²) in [6.07, 6.45) is 1.89. The SMILES string of the molecule is CCNC(=NCC(C)(C)CCS(C)(=O)=O)N(C)Cc1ccccc1C.I. The lowest BCUT2D eigenvalue weighted by Crippen LogP contribution is -2.39. The first-order valence-electron chi connectivity index (χ1n) is 8.76. The molecule has 0 fully saturated rings. The zero-order chi connectivity index (χ0) is 19.1. The number of benzene rings is 1. The highest BCUT2D eigenvalue weighted by molar-refractivity contribution is 14.0. The Morgan fingerprint density at radius 3 is 2.42 bits per heavy atom. The van der Waals surface area contributed by atoms with Gasteiger partial charge >= 0.3 is 0 Å². The number of nitrogens with zero attached hydrogens (tertiary/aromatic N) is 2. The molecule has 5 nitrogen and oxygen atoms in total. The summed E-state index contributed by atoms with van der Waals surface area (Å²) in [4.78, 5) is 6.86. The third-order valence-corrected chi connectivity index (χ3v) is 5.12. The van der Waals surface area contributed by atoms with Crippen LogP contribution in [0.15, 0.2) is 29.3 Å². The van der Waals surface area contributed by atoms with Crippen LogP contribution in [0.25, 0.3) is 0 Å². The summed E-state index contributed by atoms with van der Waals surface area (Å²) >= 11 is 0. The molecule has 0 aliphatic heterocycles. The van der Waals surface area contributed by atoms with Crippen molar-refractivity contribution in [2.75, 3.05) is 32.1 Å². The summed E-state index contributed by atoms with van der Waals surface area (Å²) in [6.45, 7) is 10.4. The largest absolute Gasteiger partial charge is 0.357 e. The van der Waals surface area contributed by atoms with Gasteiger partial charge in [-0.3, -0.25) is 4.99 Å². The van der Waals surface area contributed by atoms with E-state index in [1.54, 1.807) is 0 Å². The molecule has 0 atom stereocenters. The zero-order valence-corrected chi connectivity index (χ0v) is 20.0. The van der Waals surface area contributed by atoms with Crippen LogP contribution in [-0.4, -0.2) is 51.4 Å². The Morgan fingerprint density at radius 2 is 1.88 bits per heavy atom. The van der Waals surface area contributed by atoms with Crippen molar-refractivity contribution in [3.63, 3.8) is 0 Å². The molecule has 0 bridgehead atoms. The molecule has 0 aromatic heterocycles. The number of aliphatic imine (C=N–C) groups is 1. The number of guanidine groups is 1. The van der Waals surface area contributed by atoms with Crippen molar-refractivity contribution >= 4 is 39.8 Å². The highest BCUT2D eigenvalue weighted by atomic mass is 127. The molecule has 26 heavy (non-hydrogen) atoms. The van der Waals surface area contributed by atoms with Crippen LogP contribution in [0, 0.1) is 12.3 Å². The lowest BCUT2D eigenvalue weighted by atomic mass is 9.90. The van der Waals surface area contributed by atoms with Gasteiger partial charge in [-0.1, -0.05) is 38.1 Å². The highest BCUT2D eigenvalue weighted by Gasteiger charge is 2.20. The van der Waals surface area contributed by atoms with E-state index in [-0.39, 0.29) is 35.1 Å². The van der Waals surface area contributed by atoms with Crippen molar-refractivity contribution in [3.05, 3.63) is 35.4 Å². The normalized spacial score (nSPS) is 12.5. The maximum Gasteiger partial charge on any atom is 0.193 e. The molecule has 1 aromatic carbocycles. The van der Waals surface area contributed by atoms with Crippen LogP contribution >= 0.6 is 24.0 Å². The summed E-state index contributed by atoms with van der Waals surface area (Å²) in [5.41, 5.74) is 2.37. The Labute approximate surface area is 176 Å². The predicted molar refractivity (Wildman–Crippen MR) is 122 cm³/mol. The molecule has 1 aromatic rings. The fourth-order valence-corrected chi connectivity index (χ4v) is 3.34. The van der Waals surface area contributed by atoms with E-state index in [1.807, 2.05) is 20.0 Å². The van der Waals surface area contributed by atoms with Gasteiger partial charge in [0.05, 0.1) is 5.75 Å². The summed E-state index contributed by atoms with van der Waals surface area (Å²) in [5, 5.41) is 3.32. The molecule has 0 heterocycles. The molecule has 0 saturated heterocycles. The minimum absolute atomic E-state index is 0. The van der Waals surface area contributed by atoms with Crippen LogP contribution in [-0.2, 0) is 16.4 Å². The summed E-state index contributed by atoms with van der Waals surface area (Å²) < 4.78 is 22.8. The number of hydrogen-bond donors (Lipinski definition) is 1. The van der Waals surface area contributed by atoms with Crippen molar-refractivity contribution in [2.45, 2.75) is 40.7 Å². The van der Waals surface area contributed by atoms with E-state index < -0.39 is 9.84 Å². The van der Waals surface area contributed by atoms with Crippen LogP contribution in [0.3, 0.4) is 0 Å². The third-order valence-electron chi connectivity index (χ3n) is 4.17. The lowest BCUT2D eigenvalue weighted by molar-refractivity contribution is 0.361. The molecule has 0 amide bonds. The van der Waals surface area contributed by atoms with Crippen molar-refractivity contribution < 1.29 is 8.42 Å². The van der Waals surface area contributed by atoms with Gasteiger partial charge < -0.3 is 10.2 Å². The van der Waals surface area contributed by atoms with Crippen molar-refractivity contribution in [1.82, 2.24) is 10.2 Å². The van der Waals surface area contributed by atoms with Gasteiger partial charge in [0.15, 0.2) is 5.96 Å². The fraction of sp³-hybridized carbons (Fsp3) is 0.632. The van der Waals surface area contributed by atoms with Gasteiger partial charge in [0, 0.05) is 32.9 Å². The van der Waals surface area contributed by atoms with Gasteiger partial charge in [0.2, 0.25) is 0 Å². The Morgan fingerprint density at radius 1 is 1.27 bits per heavy atom. The van der Waals surface area contributed by atoms with Gasteiger partial charge in [-0.25, -0.2) is 8.42 Å². The average molecular weight is 495 g/mol. The number of aryl methyl sites for hydroxylation is 1. The van der Waals surface area contributed by atoms with E-state index in [0.29, 0.717) is 13.0 Å². The van der Waals surface area contributed by atoms with E-state index >= 15 is 0 Å². The number of rotatable bonds is 8. The standard InChI is InChI=1S/C19H33N3O2S.HI/c1-7-20-18(21-15-19(3,4)12-13-25(6,23)24)22(5)14-17-11-9-8-10-16(17)2;/h8-11H,7,12-15H2,1-6H3,(H,20,21);1H. The molecular formula is C19H34IN3O2S. The average Bonchev–Trinajstić information content (AvgIpc) is 2.51. The number of halogens is 1. The Bertz CT molecular complexity index is 688. The van der Waals surface area contributed by atoms with Crippen molar-refractivity contribution in [3.8, 4) is 0 Å². The minimum atomic E-state index is -2.94. The number of sulfone groups is 1. The molecule has 1 N–H and O–H groups in total. The molecule has 0 radical (unpaired) electrons. The monoisotopic (exact) mass is 495 g/mol. The second-order valence-electron chi connectivity index (χ2n) is 7.50. The van der Waals surface area contributed by atoms with Crippen molar-refractivity contribution in [2.24, 2.45) is 10.4 Å². The van der Waals surface area contributed by atoms with Gasteiger partial charge in [-0.2, -0.15) is 0 Å². The number of nitrogens with one attached hydrogen (secondary N) is 1. The first-order chi connectivity index (χ1) is 11.5. The van der Waals surface area contributed by atoms with Crippen LogP contribution in [0.4, 0.5) is 0 Å². The third kappa shape index (κ3) is 9.75. The van der Waals surface area contributed by atoms with E-state index in [2.05, 4.69) is 49.2 Å². The number of hydrogen-bond acceptors (Lipinski definition) is 3. The van der Waals surface area contributed by atoms with Crippen LogP contribution in [0.1, 0.15) is 38.3 Å². The zero-order valence-electron chi connectivity index (χ0n) is 16.9. The second-order valence-corrected chi connectivity index (χ2v) is 9.76. The fourth-order valence-electron chi connectivity index (χ4n) is 2.42. The molecule has 0 aliphatic carbocycles. The topological polar surface area (TPSA) is 61.8 Å². The second kappa shape index (κ2) is 11.1. The smallest absolute Gasteiger partial charge is 0.193 e. The molecule has 0 aliphatic rings. The first-order valence-corrected chi connectivity index (χ1v) is 10.8. The molecular weight excluding hydrogens is 461 g/mol. The molecule has 150 valence electrons. The van der Waals surface area contributed by atoms with Gasteiger partial charge in [0.25, 0.3) is 0 Å². The van der Waals surface area contributed by atoms with E-state index in [4.69, 9.17) is 4.99 Å². The quantitative estimate of drug-likeness (QED) is 0.341. The maximum absolute atomic E-state index is 11.4. The Hall–Kier alpha value is -0.830. The van der Waals surface area contributed by atoms with Crippen LogP contribution in [0.5, 0.6) is 0 Å². The first kappa shape index (κ1) is 25.2. The lowest BCUT2D eigenvalue weighted by Gasteiger charge is -2.26. The van der Waals surface area contributed by atoms with Crippen LogP contribution < -0.4 is 5.32 Å². The molecule has 7 heteroatoms.